The van der Waals surface area contributed by atoms with Crippen molar-refractivity contribution in [3.63, 3.8) is 0 Å². The first-order valence-corrected chi connectivity index (χ1v) is 15.8. The van der Waals surface area contributed by atoms with Crippen molar-refractivity contribution >= 4 is 53.9 Å². The lowest BCUT2D eigenvalue weighted by molar-refractivity contribution is 1.17. The summed E-state index contributed by atoms with van der Waals surface area (Å²) in [7, 11) is 0. The fourth-order valence-electron chi connectivity index (χ4n) is 6.83. The lowest BCUT2D eigenvalue weighted by Gasteiger charge is -2.19. The van der Waals surface area contributed by atoms with Gasteiger partial charge in [-0.3, -0.25) is 4.98 Å². The number of hydrogen-bond donors (Lipinski definition) is 0. The molecule has 0 amide bonds. The zero-order chi connectivity index (χ0) is 31.0. The summed E-state index contributed by atoms with van der Waals surface area (Å²) in [5.74, 6) is 0.669. The standard InChI is InChI=1S/C41H25N3.C2H6/c1-2-10-27-22-38-28(21-26(27)9-1)18-19-32-31(38)16-7-17-33(32)40-36-14-5-3-12-34(36)39(35-13-4-6-15-37(35)40)30-24-43-41(44-25-30)29-11-8-20-42-23-29;1-2/h1-25H;1-2H3. The van der Waals surface area contributed by atoms with E-state index in [1.165, 1.54) is 65.0 Å². The molecule has 0 saturated heterocycles. The first-order chi connectivity index (χ1) is 22.8. The van der Waals surface area contributed by atoms with E-state index < -0.39 is 0 Å². The number of fused-ring (bicyclic) bond motifs is 6. The predicted octanol–water partition coefficient (Wildman–Crippen LogP) is 11.7. The second-order valence-corrected chi connectivity index (χ2v) is 11.3. The lowest BCUT2D eigenvalue weighted by atomic mass is 9.84. The molecule has 9 rings (SSSR count). The van der Waals surface area contributed by atoms with Crippen LogP contribution in [-0.2, 0) is 0 Å². The van der Waals surface area contributed by atoms with Crippen molar-refractivity contribution in [1.82, 2.24) is 15.0 Å². The molecule has 0 saturated carbocycles. The van der Waals surface area contributed by atoms with Crippen molar-refractivity contribution < 1.29 is 0 Å². The van der Waals surface area contributed by atoms with Crippen molar-refractivity contribution in [2.75, 3.05) is 0 Å². The van der Waals surface area contributed by atoms with E-state index in [4.69, 9.17) is 9.97 Å². The molecule has 3 heteroatoms. The molecule has 0 radical (unpaired) electrons. The van der Waals surface area contributed by atoms with Crippen LogP contribution in [0.15, 0.2) is 152 Å². The van der Waals surface area contributed by atoms with Crippen molar-refractivity contribution in [3.05, 3.63) is 152 Å². The monoisotopic (exact) mass is 589 g/mol. The van der Waals surface area contributed by atoms with E-state index in [0.29, 0.717) is 5.82 Å². The third-order valence-corrected chi connectivity index (χ3v) is 8.80. The van der Waals surface area contributed by atoms with Gasteiger partial charge in [0.15, 0.2) is 5.82 Å². The van der Waals surface area contributed by atoms with Crippen LogP contribution < -0.4 is 0 Å². The van der Waals surface area contributed by atoms with Crippen LogP contribution in [0.5, 0.6) is 0 Å². The average Bonchev–Trinajstić information content (AvgIpc) is 3.14. The van der Waals surface area contributed by atoms with Gasteiger partial charge in [-0.05, 0) is 89.3 Å². The Hall–Kier alpha value is -5.93. The van der Waals surface area contributed by atoms with Crippen molar-refractivity contribution in [1.29, 1.82) is 0 Å². The van der Waals surface area contributed by atoms with Gasteiger partial charge in [0, 0.05) is 41.5 Å². The van der Waals surface area contributed by atoms with Gasteiger partial charge in [-0.1, -0.05) is 117 Å². The Morgan fingerprint density at radius 2 is 1.00 bits per heavy atom. The molecule has 0 aliphatic heterocycles. The summed E-state index contributed by atoms with van der Waals surface area (Å²) >= 11 is 0. The summed E-state index contributed by atoms with van der Waals surface area (Å²) in [6.07, 6.45) is 7.44. The zero-order valence-electron chi connectivity index (χ0n) is 25.8. The van der Waals surface area contributed by atoms with Gasteiger partial charge in [0.2, 0.25) is 0 Å². The Balaban J connectivity index is 0.00000153. The SMILES string of the molecule is CC.c1cncc(-c2ncc(-c3c4ccccc4c(-c4cccc5c4ccc4cc6ccccc6cc45)c4ccccc34)cn2)c1. The summed E-state index contributed by atoms with van der Waals surface area (Å²) in [5, 5.41) is 12.4. The Morgan fingerprint density at radius 3 is 1.65 bits per heavy atom. The van der Waals surface area contributed by atoms with Gasteiger partial charge < -0.3 is 0 Å². The maximum absolute atomic E-state index is 4.76. The zero-order valence-corrected chi connectivity index (χ0v) is 25.8. The quantitative estimate of drug-likeness (QED) is 0.152. The van der Waals surface area contributed by atoms with Gasteiger partial charge in [-0.25, -0.2) is 9.97 Å². The molecule has 0 N–H and O–H groups in total. The number of hydrogen-bond acceptors (Lipinski definition) is 3. The highest BCUT2D eigenvalue weighted by Crippen LogP contribution is 2.45. The van der Waals surface area contributed by atoms with Crippen LogP contribution in [0, 0.1) is 0 Å². The molecular weight excluding hydrogens is 558 g/mol. The van der Waals surface area contributed by atoms with Crippen molar-refractivity contribution in [2.24, 2.45) is 0 Å². The minimum atomic E-state index is 0.669. The normalized spacial score (nSPS) is 11.3. The second kappa shape index (κ2) is 11.5. The van der Waals surface area contributed by atoms with Crippen LogP contribution in [0.1, 0.15) is 13.8 Å². The number of nitrogens with zero attached hydrogens (tertiary/aromatic N) is 3. The predicted molar refractivity (Wildman–Crippen MR) is 195 cm³/mol. The van der Waals surface area contributed by atoms with Crippen LogP contribution in [0.4, 0.5) is 0 Å². The van der Waals surface area contributed by atoms with Crippen molar-refractivity contribution in [2.45, 2.75) is 13.8 Å². The lowest BCUT2D eigenvalue weighted by Crippen LogP contribution is -1.94. The van der Waals surface area contributed by atoms with Crippen molar-refractivity contribution in [3.8, 4) is 33.6 Å². The highest BCUT2D eigenvalue weighted by Gasteiger charge is 2.19. The van der Waals surface area contributed by atoms with Gasteiger partial charge >= 0.3 is 0 Å². The minimum absolute atomic E-state index is 0.669. The van der Waals surface area contributed by atoms with E-state index >= 15 is 0 Å². The summed E-state index contributed by atoms with van der Waals surface area (Å²) in [6.45, 7) is 4.00. The fourth-order valence-corrected chi connectivity index (χ4v) is 6.83. The number of aromatic nitrogens is 3. The molecule has 46 heavy (non-hydrogen) atoms. The van der Waals surface area contributed by atoms with Gasteiger partial charge in [0.05, 0.1) is 0 Å². The first kappa shape index (κ1) is 27.6. The third-order valence-electron chi connectivity index (χ3n) is 8.80. The Morgan fingerprint density at radius 1 is 0.391 bits per heavy atom. The number of rotatable bonds is 3. The largest absolute Gasteiger partial charge is 0.264 e. The van der Waals surface area contributed by atoms with E-state index in [0.717, 1.165) is 16.7 Å². The van der Waals surface area contributed by atoms with E-state index in [9.17, 15) is 0 Å². The second-order valence-electron chi connectivity index (χ2n) is 11.3. The van der Waals surface area contributed by atoms with Crippen LogP contribution in [0.2, 0.25) is 0 Å². The smallest absolute Gasteiger partial charge is 0.160 e. The molecular formula is C43H31N3. The third kappa shape index (κ3) is 4.48. The molecule has 0 unspecified atom stereocenters. The maximum atomic E-state index is 4.76. The van der Waals surface area contributed by atoms with Gasteiger partial charge in [0.1, 0.15) is 0 Å². The maximum Gasteiger partial charge on any atom is 0.160 e. The highest BCUT2D eigenvalue weighted by atomic mass is 14.9. The van der Waals surface area contributed by atoms with E-state index in [2.05, 4.69) is 120 Å². The van der Waals surface area contributed by atoms with Gasteiger partial charge in [0.25, 0.3) is 0 Å². The van der Waals surface area contributed by atoms with Crippen LogP contribution in [0.3, 0.4) is 0 Å². The molecule has 0 fully saturated rings. The molecule has 218 valence electrons. The Labute approximate surface area is 267 Å². The van der Waals surface area contributed by atoms with Crippen LogP contribution in [-0.4, -0.2) is 15.0 Å². The summed E-state index contributed by atoms with van der Waals surface area (Å²) in [5.41, 5.74) is 5.53. The minimum Gasteiger partial charge on any atom is -0.264 e. The molecule has 9 aromatic rings. The first-order valence-electron chi connectivity index (χ1n) is 15.8. The number of benzene rings is 7. The Bertz CT molecular complexity index is 2480. The van der Waals surface area contributed by atoms with Gasteiger partial charge in [-0.15, -0.1) is 0 Å². The molecule has 0 spiro atoms. The molecule has 2 aromatic heterocycles. The molecule has 0 bridgehead atoms. The molecule has 3 nitrogen and oxygen atoms in total. The van der Waals surface area contributed by atoms with E-state index in [1.54, 1.807) is 12.4 Å². The van der Waals surface area contributed by atoms with E-state index in [-0.39, 0.29) is 0 Å². The van der Waals surface area contributed by atoms with Gasteiger partial charge in [-0.2, -0.15) is 0 Å². The number of pyridine rings is 1. The van der Waals surface area contributed by atoms with E-state index in [1.807, 2.05) is 38.4 Å². The fraction of sp³-hybridized carbons (Fsp3) is 0.0465. The summed E-state index contributed by atoms with van der Waals surface area (Å²) in [6, 6.07) is 45.9. The topological polar surface area (TPSA) is 38.7 Å². The molecule has 2 heterocycles. The summed E-state index contributed by atoms with van der Waals surface area (Å²) in [4.78, 5) is 13.8. The summed E-state index contributed by atoms with van der Waals surface area (Å²) < 4.78 is 0. The van der Waals surface area contributed by atoms with Crippen LogP contribution >= 0.6 is 0 Å². The molecule has 0 aliphatic carbocycles. The Kier molecular flexibility index (Phi) is 6.92. The molecule has 7 aromatic carbocycles. The average molecular weight is 590 g/mol. The highest BCUT2D eigenvalue weighted by molar-refractivity contribution is 6.25. The molecule has 0 aliphatic rings. The van der Waals surface area contributed by atoms with Crippen LogP contribution in [0.25, 0.3) is 87.5 Å². The molecule has 0 atom stereocenters.